The first-order valence-electron chi connectivity index (χ1n) is 5.90. The number of rotatable bonds is 3. The Morgan fingerprint density at radius 2 is 2.00 bits per heavy atom. The van der Waals surface area contributed by atoms with E-state index in [1.54, 1.807) is 31.2 Å². The molecule has 5 nitrogen and oxygen atoms in total. The monoisotopic (exact) mass is 416 g/mol. The van der Waals surface area contributed by atoms with Crippen LogP contribution in [0.5, 0.6) is 0 Å². The van der Waals surface area contributed by atoms with Gasteiger partial charge in [-0.25, -0.2) is 0 Å². The molecule has 2 rings (SSSR count). The maximum absolute atomic E-state index is 12.2. The van der Waals surface area contributed by atoms with Crippen molar-refractivity contribution in [2.45, 2.75) is 6.92 Å². The molecular weight excluding hydrogens is 407 g/mol. The highest BCUT2D eigenvalue weighted by molar-refractivity contribution is 14.1. The molecule has 7 heteroatoms. The molecule has 2 aromatic rings. The third-order valence-electron chi connectivity index (χ3n) is 2.78. The summed E-state index contributed by atoms with van der Waals surface area (Å²) < 4.78 is 0.826. The summed E-state index contributed by atoms with van der Waals surface area (Å²) in [6.07, 6.45) is 0. The number of carbonyl (C=O) groups excluding carboxylic acids is 1. The van der Waals surface area contributed by atoms with E-state index in [1.807, 2.05) is 0 Å². The van der Waals surface area contributed by atoms with E-state index in [0.29, 0.717) is 10.6 Å². The van der Waals surface area contributed by atoms with Crippen molar-refractivity contribution in [2.75, 3.05) is 5.32 Å². The summed E-state index contributed by atoms with van der Waals surface area (Å²) >= 11 is 8.03. The molecule has 1 amide bonds. The normalized spacial score (nSPS) is 10.2. The Bertz CT molecular complexity index is 734. The zero-order chi connectivity index (χ0) is 15.6. The quantitative estimate of drug-likeness (QED) is 0.457. The van der Waals surface area contributed by atoms with Crippen LogP contribution in [0.3, 0.4) is 0 Å². The Hall–Kier alpha value is -1.67. The van der Waals surface area contributed by atoms with Crippen LogP contribution < -0.4 is 5.32 Å². The second-order valence-corrected chi connectivity index (χ2v) is 5.93. The number of anilines is 1. The average Bonchev–Trinajstić information content (AvgIpc) is 2.41. The van der Waals surface area contributed by atoms with Crippen LogP contribution in [0.25, 0.3) is 0 Å². The standard InChI is InChI=1S/C14H10ClIN2O3/c1-8-2-5-13(18(20)21)12(6-8)17-14(19)9-3-4-11(16)10(15)7-9/h2-7H,1H3,(H,17,19). The van der Waals surface area contributed by atoms with Gasteiger partial charge in [0, 0.05) is 15.2 Å². The van der Waals surface area contributed by atoms with Crippen LogP contribution in [-0.2, 0) is 0 Å². The minimum atomic E-state index is -0.532. The third kappa shape index (κ3) is 3.70. The lowest BCUT2D eigenvalue weighted by Gasteiger charge is -2.07. The number of carbonyl (C=O) groups is 1. The largest absolute Gasteiger partial charge is 0.316 e. The topological polar surface area (TPSA) is 72.2 Å². The second-order valence-electron chi connectivity index (χ2n) is 4.36. The van der Waals surface area contributed by atoms with Crippen molar-refractivity contribution in [1.29, 1.82) is 0 Å². The van der Waals surface area contributed by atoms with Gasteiger partial charge in [-0.1, -0.05) is 17.7 Å². The number of aryl methyl sites for hydroxylation is 1. The molecule has 0 atom stereocenters. The molecule has 21 heavy (non-hydrogen) atoms. The molecule has 0 aromatic heterocycles. The molecule has 0 aliphatic rings. The number of nitrogens with zero attached hydrogens (tertiary/aromatic N) is 1. The smallest absolute Gasteiger partial charge is 0.292 e. The SMILES string of the molecule is Cc1ccc([N+](=O)[O-])c(NC(=O)c2ccc(I)c(Cl)c2)c1. The number of benzene rings is 2. The molecule has 0 aliphatic carbocycles. The van der Waals surface area contributed by atoms with E-state index in [0.717, 1.165) is 9.13 Å². The summed E-state index contributed by atoms with van der Waals surface area (Å²) in [7, 11) is 0. The molecule has 0 unspecified atom stereocenters. The van der Waals surface area contributed by atoms with Crippen LogP contribution >= 0.6 is 34.2 Å². The van der Waals surface area contributed by atoms with Crippen molar-refractivity contribution in [3.8, 4) is 0 Å². The van der Waals surface area contributed by atoms with Gasteiger partial charge in [0.2, 0.25) is 0 Å². The zero-order valence-corrected chi connectivity index (χ0v) is 13.8. The second kappa shape index (κ2) is 6.40. The van der Waals surface area contributed by atoms with E-state index in [4.69, 9.17) is 11.6 Å². The maximum atomic E-state index is 12.2. The number of nitro benzene ring substituents is 1. The van der Waals surface area contributed by atoms with Crippen molar-refractivity contribution in [2.24, 2.45) is 0 Å². The van der Waals surface area contributed by atoms with Crippen LogP contribution in [0.1, 0.15) is 15.9 Å². The Labute approximate surface area is 139 Å². The van der Waals surface area contributed by atoms with Gasteiger partial charge in [0.05, 0.1) is 9.95 Å². The van der Waals surface area contributed by atoms with Gasteiger partial charge >= 0.3 is 0 Å². The first-order valence-corrected chi connectivity index (χ1v) is 7.35. The van der Waals surface area contributed by atoms with Crippen molar-refractivity contribution in [3.63, 3.8) is 0 Å². The van der Waals surface area contributed by atoms with Gasteiger partial charge in [0.1, 0.15) is 5.69 Å². The van der Waals surface area contributed by atoms with Gasteiger partial charge in [-0.3, -0.25) is 14.9 Å². The lowest BCUT2D eigenvalue weighted by molar-refractivity contribution is -0.383. The fourth-order valence-corrected chi connectivity index (χ4v) is 2.26. The lowest BCUT2D eigenvalue weighted by atomic mass is 10.1. The number of hydrogen-bond donors (Lipinski definition) is 1. The molecule has 0 aliphatic heterocycles. The average molecular weight is 417 g/mol. The summed E-state index contributed by atoms with van der Waals surface area (Å²) in [6.45, 7) is 1.79. The molecule has 108 valence electrons. The minimum Gasteiger partial charge on any atom is -0.316 e. The summed E-state index contributed by atoms with van der Waals surface area (Å²) in [5.74, 6) is -0.443. The molecule has 0 heterocycles. The van der Waals surface area contributed by atoms with Crippen molar-refractivity contribution >= 4 is 51.5 Å². The number of nitrogens with one attached hydrogen (secondary N) is 1. The fourth-order valence-electron chi connectivity index (χ4n) is 1.74. The lowest BCUT2D eigenvalue weighted by Crippen LogP contribution is -2.13. The van der Waals surface area contributed by atoms with Crippen molar-refractivity contribution in [1.82, 2.24) is 0 Å². The summed E-state index contributed by atoms with van der Waals surface area (Å²) in [6, 6.07) is 9.40. The highest BCUT2D eigenvalue weighted by Gasteiger charge is 2.17. The van der Waals surface area contributed by atoms with E-state index in [2.05, 4.69) is 27.9 Å². The zero-order valence-electron chi connectivity index (χ0n) is 10.9. The fraction of sp³-hybridized carbons (Fsp3) is 0.0714. The molecule has 0 spiro atoms. The molecule has 2 aromatic carbocycles. The van der Waals surface area contributed by atoms with Gasteiger partial charge in [0.15, 0.2) is 0 Å². The number of nitro groups is 1. The van der Waals surface area contributed by atoms with Gasteiger partial charge < -0.3 is 5.32 Å². The van der Waals surface area contributed by atoms with Crippen LogP contribution in [-0.4, -0.2) is 10.8 Å². The van der Waals surface area contributed by atoms with E-state index in [-0.39, 0.29) is 11.4 Å². The molecule has 0 saturated heterocycles. The first kappa shape index (κ1) is 15.7. The summed E-state index contributed by atoms with van der Waals surface area (Å²) in [5.41, 5.74) is 1.18. The van der Waals surface area contributed by atoms with Crippen LogP contribution in [0.4, 0.5) is 11.4 Å². The summed E-state index contributed by atoms with van der Waals surface area (Å²) in [4.78, 5) is 22.6. The van der Waals surface area contributed by atoms with E-state index >= 15 is 0 Å². The third-order valence-corrected chi connectivity index (χ3v) is 4.35. The van der Waals surface area contributed by atoms with E-state index in [1.165, 1.54) is 12.1 Å². The Balaban J connectivity index is 2.33. The van der Waals surface area contributed by atoms with Crippen molar-refractivity contribution in [3.05, 3.63) is 66.2 Å². The predicted molar refractivity (Wildman–Crippen MR) is 90.0 cm³/mol. The molecule has 0 saturated carbocycles. The Morgan fingerprint density at radius 1 is 1.29 bits per heavy atom. The van der Waals surface area contributed by atoms with E-state index in [9.17, 15) is 14.9 Å². The van der Waals surface area contributed by atoms with E-state index < -0.39 is 10.8 Å². The molecule has 0 fully saturated rings. The molecule has 0 radical (unpaired) electrons. The summed E-state index contributed by atoms with van der Waals surface area (Å²) in [5, 5.41) is 14.0. The van der Waals surface area contributed by atoms with Crippen molar-refractivity contribution < 1.29 is 9.72 Å². The number of amides is 1. The van der Waals surface area contributed by atoms with Gasteiger partial charge in [0.25, 0.3) is 11.6 Å². The maximum Gasteiger partial charge on any atom is 0.292 e. The Kier molecular flexibility index (Phi) is 4.79. The minimum absolute atomic E-state index is 0.148. The van der Waals surface area contributed by atoms with Gasteiger partial charge in [-0.15, -0.1) is 0 Å². The highest BCUT2D eigenvalue weighted by Crippen LogP contribution is 2.26. The highest BCUT2D eigenvalue weighted by atomic mass is 127. The first-order chi connectivity index (χ1) is 9.88. The van der Waals surface area contributed by atoms with Crippen LogP contribution in [0, 0.1) is 20.6 Å². The van der Waals surface area contributed by atoms with Crippen LogP contribution in [0.15, 0.2) is 36.4 Å². The Morgan fingerprint density at radius 3 is 2.62 bits per heavy atom. The molecular formula is C14H10ClIN2O3. The molecule has 0 bridgehead atoms. The van der Waals surface area contributed by atoms with Gasteiger partial charge in [-0.2, -0.15) is 0 Å². The predicted octanol–water partition coefficient (Wildman–Crippen LogP) is 4.41. The van der Waals surface area contributed by atoms with Crippen LogP contribution in [0.2, 0.25) is 5.02 Å². The number of hydrogen-bond acceptors (Lipinski definition) is 3. The number of halogens is 2. The van der Waals surface area contributed by atoms with Gasteiger partial charge in [-0.05, 0) is 59.3 Å². The molecule has 1 N–H and O–H groups in total.